The maximum absolute atomic E-state index is 5.29. The minimum Gasteiger partial charge on any atom is -0.369 e. The van der Waals surface area contributed by atoms with Gasteiger partial charge in [-0.3, -0.25) is 4.99 Å². The lowest BCUT2D eigenvalue weighted by molar-refractivity contribution is 0.371. The summed E-state index contributed by atoms with van der Waals surface area (Å²) in [5.74, 6) is 2.52. The van der Waals surface area contributed by atoms with E-state index >= 15 is 0 Å². The number of piperidine rings is 1. The Balaban J connectivity index is 1.47. The third-order valence-electron chi connectivity index (χ3n) is 5.02. The van der Waals surface area contributed by atoms with E-state index in [9.17, 15) is 0 Å². The number of aryl methyl sites for hydroxylation is 1. The second-order valence-corrected chi connectivity index (χ2v) is 7.72. The predicted octanol–water partition coefficient (Wildman–Crippen LogP) is 2.88. The number of aromatic nitrogens is 2. The van der Waals surface area contributed by atoms with E-state index in [2.05, 4.69) is 75.7 Å². The monoisotopic (exact) mass is 384 g/mol. The van der Waals surface area contributed by atoms with Crippen LogP contribution in [0.1, 0.15) is 49.9 Å². The van der Waals surface area contributed by atoms with Crippen LogP contribution in [0.25, 0.3) is 0 Å². The summed E-state index contributed by atoms with van der Waals surface area (Å²) < 4.78 is 5.29. The van der Waals surface area contributed by atoms with E-state index in [4.69, 9.17) is 4.52 Å². The molecule has 1 fully saturated rings. The Morgan fingerprint density at radius 1 is 1.32 bits per heavy atom. The van der Waals surface area contributed by atoms with Gasteiger partial charge in [0.2, 0.25) is 5.89 Å². The van der Waals surface area contributed by atoms with Crippen LogP contribution in [-0.4, -0.2) is 48.8 Å². The van der Waals surface area contributed by atoms with Crippen molar-refractivity contribution < 1.29 is 4.52 Å². The van der Waals surface area contributed by atoms with Gasteiger partial charge in [-0.15, -0.1) is 0 Å². The summed E-state index contributed by atoms with van der Waals surface area (Å²) in [4.78, 5) is 11.2. The zero-order chi connectivity index (χ0) is 19.9. The van der Waals surface area contributed by atoms with E-state index < -0.39 is 0 Å². The van der Waals surface area contributed by atoms with Crippen molar-refractivity contribution in [3.05, 3.63) is 41.5 Å². The zero-order valence-electron chi connectivity index (χ0n) is 17.4. The highest BCUT2D eigenvalue weighted by Gasteiger charge is 2.21. The molecule has 1 saturated heterocycles. The van der Waals surface area contributed by atoms with Crippen molar-refractivity contribution in [1.82, 2.24) is 20.8 Å². The van der Waals surface area contributed by atoms with Crippen molar-refractivity contribution in [2.24, 2.45) is 4.99 Å². The molecule has 1 unspecified atom stereocenters. The maximum atomic E-state index is 5.29. The Bertz CT molecular complexity index is 767. The molecule has 0 bridgehead atoms. The highest BCUT2D eigenvalue weighted by atomic mass is 16.5. The van der Waals surface area contributed by atoms with E-state index in [1.165, 1.54) is 17.7 Å². The molecule has 2 heterocycles. The lowest BCUT2D eigenvalue weighted by atomic mass is 10.0. The summed E-state index contributed by atoms with van der Waals surface area (Å²) in [5.41, 5.74) is 2.58. The van der Waals surface area contributed by atoms with E-state index in [1.807, 2.05) is 0 Å². The molecule has 1 aromatic carbocycles. The molecule has 0 aliphatic carbocycles. The Kier molecular flexibility index (Phi) is 6.90. The third kappa shape index (κ3) is 5.47. The van der Waals surface area contributed by atoms with Crippen molar-refractivity contribution in [2.45, 2.75) is 52.0 Å². The molecule has 1 aliphatic heterocycles. The van der Waals surface area contributed by atoms with Crippen LogP contribution in [0.4, 0.5) is 5.69 Å². The van der Waals surface area contributed by atoms with Crippen LogP contribution in [-0.2, 0) is 6.42 Å². The fourth-order valence-corrected chi connectivity index (χ4v) is 3.36. The number of nitrogens with zero attached hydrogens (tertiary/aromatic N) is 4. The van der Waals surface area contributed by atoms with Gasteiger partial charge in [0, 0.05) is 50.7 Å². The molecule has 1 aliphatic rings. The van der Waals surface area contributed by atoms with Crippen LogP contribution in [0.5, 0.6) is 0 Å². The molecular formula is C21H32N6O. The molecule has 0 radical (unpaired) electrons. The van der Waals surface area contributed by atoms with Crippen LogP contribution in [0, 0.1) is 6.92 Å². The van der Waals surface area contributed by atoms with Crippen LogP contribution in [0.3, 0.4) is 0 Å². The first-order chi connectivity index (χ1) is 13.5. The number of rotatable bonds is 6. The smallest absolute Gasteiger partial charge is 0.228 e. The molecule has 1 aromatic heterocycles. The van der Waals surface area contributed by atoms with Crippen molar-refractivity contribution in [3.63, 3.8) is 0 Å². The largest absolute Gasteiger partial charge is 0.369 e. The Morgan fingerprint density at radius 2 is 2.11 bits per heavy atom. The van der Waals surface area contributed by atoms with Gasteiger partial charge in [0.15, 0.2) is 11.8 Å². The van der Waals surface area contributed by atoms with Gasteiger partial charge in [-0.1, -0.05) is 36.7 Å². The minimum absolute atomic E-state index is 0.280. The van der Waals surface area contributed by atoms with E-state index in [-0.39, 0.29) is 5.92 Å². The highest BCUT2D eigenvalue weighted by Crippen LogP contribution is 2.20. The summed E-state index contributed by atoms with van der Waals surface area (Å²) in [5, 5.41) is 10.9. The third-order valence-corrected chi connectivity index (χ3v) is 5.02. The van der Waals surface area contributed by atoms with Crippen LogP contribution >= 0.6 is 0 Å². The molecule has 152 valence electrons. The average molecular weight is 385 g/mol. The van der Waals surface area contributed by atoms with Gasteiger partial charge in [0.25, 0.3) is 0 Å². The predicted molar refractivity (Wildman–Crippen MR) is 113 cm³/mol. The molecular weight excluding hydrogens is 352 g/mol. The fraction of sp³-hybridized carbons (Fsp3) is 0.571. The quantitative estimate of drug-likeness (QED) is 0.589. The molecule has 3 rings (SSSR count). The molecule has 28 heavy (non-hydrogen) atoms. The number of nitrogens with one attached hydrogen (secondary N) is 2. The molecule has 1 atom stereocenters. The molecule has 7 nitrogen and oxygen atoms in total. The number of anilines is 1. The van der Waals surface area contributed by atoms with Gasteiger partial charge in [0.05, 0.1) is 0 Å². The first-order valence-electron chi connectivity index (χ1n) is 10.2. The van der Waals surface area contributed by atoms with Crippen molar-refractivity contribution in [1.29, 1.82) is 0 Å². The van der Waals surface area contributed by atoms with Gasteiger partial charge >= 0.3 is 0 Å². The normalized spacial score (nSPS) is 17.8. The lowest BCUT2D eigenvalue weighted by Crippen LogP contribution is -2.51. The topological polar surface area (TPSA) is 78.6 Å². The van der Waals surface area contributed by atoms with Crippen molar-refractivity contribution >= 4 is 11.6 Å². The summed E-state index contributed by atoms with van der Waals surface area (Å²) >= 11 is 0. The van der Waals surface area contributed by atoms with E-state index in [0.29, 0.717) is 24.9 Å². The Labute approximate surface area is 167 Å². The average Bonchev–Trinajstić information content (AvgIpc) is 3.17. The highest BCUT2D eigenvalue weighted by molar-refractivity contribution is 5.80. The van der Waals surface area contributed by atoms with Gasteiger partial charge < -0.3 is 20.1 Å². The SMILES string of the molecule is CN=C(NCCc1nc(C(C)C)no1)NC1CCCN(c2ccc(C)cc2)C1. The molecule has 7 heteroatoms. The van der Waals surface area contributed by atoms with Crippen LogP contribution in [0.2, 0.25) is 0 Å². The van der Waals surface area contributed by atoms with Gasteiger partial charge in [0.1, 0.15) is 0 Å². The van der Waals surface area contributed by atoms with E-state index in [0.717, 1.165) is 31.3 Å². The number of guanidine groups is 1. The second kappa shape index (κ2) is 9.57. The summed E-state index contributed by atoms with van der Waals surface area (Å²) in [6.45, 7) is 9.02. The van der Waals surface area contributed by atoms with Gasteiger partial charge in [-0.2, -0.15) is 4.98 Å². The second-order valence-electron chi connectivity index (χ2n) is 7.72. The molecule has 0 amide bonds. The molecule has 0 saturated carbocycles. The first kappa shape index (κ1) is 20.2. The minimum atomic E-state index is 0.280. The number of benzene rings is 1. The van der Waals surface area contributed by atoms with Crippen molar-refractivity contribution in [2.75, 3.05) is 31.6 Å². The standard InChI is InChI=1S/C21H32N6O/c1-15(2)20-25-19(28-26-20)11-12-23-21(22-4)24-17-6-5-13-27(14-17)18-9-7-16(3)8-10-18/h7-10,15,17H,5-6,11-14H2,1-4H3,(H2,22,23,24). The fourth-order valence-electron chi connectivity index (χ4n) is 3.36. The van der Waals surface area contributed by atoms with Crippen molar-refractivity contribution in [3.8, 4) is 0 Å². The number of hydrogen-bond acceptors (Lipinski definition) is 5. The molecule has 2 aromatic rings. The maximum Gasteiger partial charge on any atom is 0.228 e. The van der Waals surface area contributed by atoms with Gasteiger partial charge in [-0.05, 0) is 31.9 Å². The zero-order valence-corrected chi connectivity index (χ0v) is 17.4. The van der Waals surface area contributed by atoms with Crippen LogP contribution in [0.15, 0.2) is 33.8 Å². The van der Waals surface area contributed by atoms with Crippen LogP contribution < -0.4 is 15.5 Å². The first-order valence-corrected chi connectivity index (χ1v) is 10.2. The lowest BCUT2D eigenvalue weighted by Gasteiger charge is -2.35. The summed E-state index contributed by atoms with van der Waals surface area (Å²) in [7, 11) is 1.81. The number of aliphatic imine (C=N–C) groups is 1. The van der Waals surface area contributed by atoms with E-state index in [1.54, 1.807) is 7.05 Å². The number of hydrogen-bond donors (Lipinski definition) is 2. The molecule has 2 N–H and O–H groups in total. The summed E-state index contributed by atoms with van der Waals surface area (Å²) in [6, 6.07) is 9.14. The Morgan fingerprint density at radius 3 is 2.79 bits per heavy atom. The Hall–Kier alpha value is -2.57. The van der Waals surface area contributed by atoms with Gasteiger partial charge in [-0.25, -0.2) is 0 Å². The summed E-state index contributed by atoms with van der Waals surface area (Å²) in [6.07, 6.45) is 2.99. The molecule has 0 spiro atoms.